The van der Waals surface area contributed by atoms with E-state index in [1.807, 2.05) is 12.1 Å². The van der Waals surface area contributed by atoms with Gasteiger partial charge in [-0.05, 0) is 57.4 Å². The van der Waals surface area contributed by atoms with E-state index >= 15 is 0 Å². The molecule has 0 aliphatic carbocycles. The summed E-state index contributed by atoms with van der Waals surface area (Å²) in [6.07, 6.45) is 2.70. The molecule has 0 atom stereocenters. The molecule has 0 fully saturated rings. The maximum absolute atomic E-state index is 10.6. The first-order valence-corrected chi connectivity index (χ1v) is 9.73. The zero-order chi connectivity index (χ0) is 20.8. The van der Waals surface area contributed by atoms with Gasteiger partial charge in [0.25, 0.3) is 5.69 Å². The molecule has 0 spiro atoms. The van der Waals surface area contributed by atoms with E-state index in [9.17, 15) is 10.1 Å². The van der Waals surface area contributed by atoms with Crippen LogP contribution in [0.3, 0.4) is 0 Å². The van der Waals surface area contributed by atoms with E-state index < -0.39 is 4.92 Å². The third kappa shape index (κ3) is 5.90. The number of pyridine rings is 1. The molecule has 1 N–H and O–H groups in total. The van der Waals surface area contributed by atoms with Gasteiger partial charge in [-0.1, -0.05) is 35.3 Å². The summed E-state index contributed by atoms with van der Waals surface area (Å²) in [4.78, 5) is 14.0. The molecule has 0 bridgehead atoms. The van der Waals surface area contributed by atoms with E-state index in [-0.39, 0.29) is 5.69 Å². The average Bonchev–Trinajstić information content (AvgIpc) is 2.69. The Morgan fingerprint density at radius 3 is 2.59 bits per heavy atom. The Hall–Kier alpha value is -2.68. The van der Waals surface area contributed by atoms with Crippen LogP contribution < -0.4 is 10.2 Å². The van der Waals surface area contributed by atoms with Crippen molar-refractivity contribution in [1.29, 1.82) is 0 Å². The van der Waals surface area contributed by atoms with E-state index in [0.717, 1.165) is 17.3 Å². The summed E-state index contributed by atoms with van der Waals surface area (Å²) in [5.74, 6) is 0.892. The molecule has 0 radical (unpaired) electrons. The number of rotatable bonds is 7. The average molecular weight is 496 g/mol. The number of hydrogen-bond acceptors (Lipinski definition) is 6. The van der Waals surface area contributed by atoms with E-state index in [1.54, 1.807) is 30.5 Å². The van der Waals surface area contributed by atoms with E-state index in [0.29, 0.717) is 32.7 Å². The van der Waals surface area contributed by atoms with Crippen LogP contribution in [0.1, 0.15) is 11.1 Å². The number of halogens is 3. The zero-order valence-corrected chi connectivity index (χ0v) is 17.8. The number of nitrogens with zero attached hydrogens (tertiary/aromatic N) is 3. The Morgan fingerprint density at radius 1 is 1.21 bits per heavy atom. The number of nitrogens with one attached hydrogen (secondary N) is 1. The summed E-state index contributed by atoms with van der Waals surface area (Å²) in [7, 11) is 0. The second-order valence-electron chi connectivity index (χ2n) is 5.76. The molecule has 0 saturated heterocycles. The minimum Gasteiger partial charge on any atom is -0.486 e. The Labute approximate surface area is 184 Å². The fourth-order valence-electron chi connectivity index (χ4n) is 2.26. The third-order valence-corrected chi connectivity index (χ3v) is 4.79. The molecule has 3 aromatic rings. The van der Waals surface area contributed by atoms with Crippen LogP contribution >= 0.6 is 39.1 Å². The minimum absolute atomic E-state index is 0.0931. The lowest BCUT2D eigenvalue weighted by molar-refractivity contribution is -0.385. The van der Waals surface area contributed by atoms with Crippen molar-refractivity contribution in [1.82, 2.24) is 4.98 Å². The predicted molar refractivity (Wildman–Crippen MR) is 117 cm³/mol. The smallest absolute Gasteiger partial charge is 0.287 e. The maximum Gasteiger partial charge on any atom is 0.287 e. The molecule has 0 amide bonds. The Balaban J connectivity index is 1.64. The molecule has 0 unspecified atom stereocenters. The first-order chi connectivity index (χ1) is 13.9. The van der Waals surface area contributed by atoms with Crippen LogP contribution in [0.4, 0.5) is 11.5 Å². The van der Waals surface area contributed by atoms with Crippen LogP contribution in [0, 0.1) is 10.1 Å². The van der Waals surface area contributed by atoms with Crippen molar-refractivity contribution in [3.8, 4) is 5.75 Å². The monoisotopic (exact) mass is 494 g/mol. The van der Waals surface area contributed by atoms with Crippen molar-refractivity contribution < 1.29 is 9.66 Å². The summed E-state index contributed by atoms with van der Waals surface area (Å²) in [5.41, 5.74) is 4.28. The number of ether oxygens (including phenoxy) is 1. The molecule has 1 heterocycles. The molecule has 3 rings (SSSR count). The van der Waals surface area contributed by atoms with Crippen molar-refractivity contribution >= 4 is 56.9 Å². The number of anilines is 1. The summed E-state index contributed by atoms with van der Waals surface area (Å²) in [6, 6.07) is 13.7. The van der Waals surface area contributed by atoms with Crippen LogP contribution in [-0.4, -0.2) is 16.1 Å². The highest BCUT2D eigenvalue weighted by Crippen LogP contribution is 2.34. The van der Waals surface area contributed by atoms with Crippen molar-refractivity contribution in [2.75, 3.05) is 5.43 Å². The topological polar surface area (TPSA) is 89.7 Å². The molecular weight excluding hydrogens is 483 g/mol. The van der Waals surface area contributed by atoms with Gasteiger partial charge in [-0.15, -0.1) is 0 Å². The van der Waals surface area contributed by atoms with Crippen molar-refractivity contribution in [2.24, 2.45) is 5.10 Å². The lowest BCUT2D eigenvalue weighted by Crippen LogP contribution is -1.98. The van der Waals surface area contributed by atoms with Crippen LogP contribution in [-0.2, 0) is 6.61 Å². The number of aromatic nitrogens is 1. The zero-order valence-electron chi connectivity index (χ0n) is 14.7. The molecular formula is C19H13BrCl2N4O3. The van der Waals surface area contributed by atoms with Gasteiger partial charge in [-0.3, -0.25) is 15.5 Å². The number of benzene rings is 2. The normalized spacial score (nSPS) is 10.9. The fourth-order valence-corrected chi connectivity index (χ4v) is 3.38. The van der Waals surface area contributed by atoms with Gasteiger partial charge in [0.2, 0.25) is 0 Å². The van der Waals surface area contributed by atoms with E-state index in [4.69, 9.17) is 27.9 Å². The molecule has 0 aliphatic rings. The highest BCUT2D eigenvalue weighted by Gasteiger charge is 2.09. The highest BCUT2D eigenvalue weighted by molar-refractivity contribution is 9.10. The Kier molecular flexibility index (Phi) is 7.03. The quantitative estimate of drug-likeness (QED) is 0.243. The minimum atomic E-state index is -0.518. The number of nitro groups is 1. The number of hydrazone groups is 1. The molecule has 29 heavy (non-hydrogen) atoms. The second-order valence-corrected chi connectivity index (χ2v) is 7.46. The van der Waals surface area contributed by atoms with Gasteiger partial charge in [0, 0.05) is 11.1 Å². The van der Waals surface area contributed by atoms with Gasteiger partial charge >= 0.3 is 0 Å². The third-order valence-electron chi connectivity index (χ3n) is 3.67. The first-order valence-electron chi connectivity index (χ1n) is 8.18. The summed E-state index contributed by atoms with van der Waals surface area (Å²) in [6.45, 7) is 0.344. The lowest BCUT2D eigenvalue weighted by Gasteiger charge is -2.11. The fraction of sp³-hybridized carbons (Fsp3) is 0.0526. The molecule has 1 aromatic heterocycles. The van der Waals surface area contributed by atoms with E-state index in [2.05, 4.69) is 31.4 Å². The molecule has 10 heteroatoms. The predicted octanol–water partition coefficient (Wildman–Crippen LogP) is 6.08. The van der Waals surface area contributed by atoms with Gasteiger partial charge in [0.05, 0.1) is 20.6 Å². The van der Waals surface area contributed by atoms with Crippen LogP contribution in [0.5, 0.6) is 5.75 Å². The second kappa shape index (κ2) is 9.69. The SMILES string of the molecule is O=[N+]([O-])c1ccc(N/N=C/c2cc(Cl)c(OCc3ccc(Cl)cc3)c(Br)c2)nc1. The molecule has 148 valence electrons. The van der Waals surface area contributed by atoms with Gasteiger partial charge in [0.15, 0.2) is 5.75 Å². The van der Waals surface area contributed by atoms with Crippen molar-refractivity contribution in [3.63, 3.8) is 0 Å². The van der Waals surface area contributed by atoms with Crippen LogP contribution in [0.25, 0.3) is 0 Å². The lowest BCUT2D eigenvalue weighted by atomic mass is 10.2. The molecule has 2 aromatic carbocycles. The molecule has 0 aliphatic heterocycles. The van der Waals surface area contributed by atoms with Gasteiger partial charge < -0.3 is 4.74 Å². The van der Waals surface area contributed by atoms with Crippen molar-refractivity contribution in [2.45, 2.75) is 6.61 Å². The van der Waals surface area contributed by atoms with E-state index in [1.165, 1.54) is 12.1 Å². The summed E-state index contributed by atoms with van der Waals surface area (Å²) in [5, 5.41) is 15.8. The highest BCUT2D eigenvalue weighted by atomic mass is 79.9. The van der Waals surface area contributed by atoms with Gasteiger partial charge in [0.1, 0.15) is 18.6 Å². The first kappa shape index (κ1) is 21.0. The number of hydrogen-bond donors (Lipinski definition) is 1. The largest absolute Gasteiger partial charge is 0.486 e. The summed E-state index contributed by atoms with van der Waals surface area (Å²) >= 11 is 15.7. The van der Waals surface area contributed by atoms with Gasteiger partial charge in [-0.2, -0.15) is 5.10 Å². The standard InChI is InChI=1S/C19H13BrCl2N4O3/c20-16-7-13(9-24-25-18-6-5-15(10-23-18)26(27)28)8-17(22)19(16)29-11-12-1-3-14(21)4-2-12/h1-10H,11H2,(H,23,25)/b24-9+. The maximum atomic E-state index is 10.6. The summed E-state index contributed by atoms with van der Waals surface area (Å²) < 4.78 is 6.48. The molecule has 0 saturated carbocycles. The van der Waals surface area contributed by atoms with Crippen molar-refractivity contribution in [3.05, 3.63) is 90.5 Å². The van der Waals surface area contributed by atoms with Crippen LogP contribution in [0.2, 0.25) is 10.0 Å². The van der Waals surface area contributed by atoms with Crippen LogP contribution in [0.15, 0.2) is 64.3 Å². The Morgan fingerprint density at radius 2 is 1.97 bits per heavy atom. The van der Waals surface area contributed by atoms with Gasteiger partial charge in [-0.25, -0.2) is 4.98 Å². The Bertz CT molecular complexity index is 1020. The molecule has 7 nitrogen and oxygen atoms in total.